The SMILES string of the molecule is O=C(NCC1CCS(=O)(=O)C1)N1CCCC(N2CCCC2)C1. The first-order valence-electron chi connectivity index (χ1n) is 8.51. The van der Waals surface area contributed by atoms with E-state index in [4.69, 9.17) is 0 Å². The number of urea groups is 1. The van der Waals surface area contributed by atoms with E-state index < -0.39 is 9.84 Å². The molecule has 0 aromatic heterocycles. The van der Waals surface area contributed by atoms with Gasteiger partial charge in [0.05, 0.1) is 11.5 Å². The Labute approximate surface area is 133 Å². The molecule has 0 aliphatic carbocycles. The molecule has 7 heteroatoms. The number of nitrogens with zero attached hydrogens (tertiary/aromatic N) is 2. The van der Waals surface area contributed by atoms with Crippen LogP contribution in [0, 0.1) is 5.92 Å². The number of hydrogen-bond donors (Lipinski definition) is 1. The molecule has 0 aromatic carbocycles. The van der Waals surface area contributed by atoms with Crippen LogP contribution in [0.25, 0.3) is 0 Å². The van der Waals surface area contributed by atoms with Gasteiger partial charge in [-0.05, 0) is 51.1 Å². The quantitative estimate of drug-likeness (QED) is 0.827. The molecule has 3 aliphatic rings. The molecule has 0 saturated carbocycles. The lowest BCUT2D eigenvalue weighted by atomic mass is 10.0. The van der Waals surface area contributed by atoms with Crippen molar-refractivity contribution in [2.45, 2.75) is 38.1 Å². The van der Waals surface area contributed by atoms with Crippen molar-refractivity contribution in [1.82, 2.24) is 15.1 Å². The molecule has 2 atom stereocenters. The van der Waals surface area contributed by atoms with Crippen LogP contribution in [-0.4, -0.2) is 74.5 Å². The summed E-state index contributed by atoms with van der Waals surface area (Å²) in [4.78, 5) is 16.8. The molecule has 2 amide bonds. The van der Waals surface area contributed by atoms with E-state index in [0.717, 1.165) is 19.5 Å². The van der Waals surface area contributed by atoms with Gasteiger partial charge in [-0.15, -0.1) is 0 Å². The fourth-order valence-electron chi connectivity index (χ4n) is 3.92. The topological polar surface area (TPSA) is 69.7 Å². The highest BCUT2D eigenvalue weighted by Gasteiger charge is 2.31. The summed E-state index contributed by atoms with van der Waals surface area (Å²) in [5.74, 6) is 0.589. The molecular weight excluding hydrogens is 302 g/mol. The van der Waals surface area contributed by atoms with E-state index in [1.54, 1.807) is 0 Å². The standard InChI is InChI=1S/C15H27N3O3S/c19-15(16-10-13-5-9-22(20,21)12-13)18-8-3-4-14(11-18)17-6-1-2-7-17/h13-14H,1-12H2,(H,16,19). The summed E-state index contributed by atoms with van der Waals surface area (Å²) in [6.45, 7) is 4.46. The molecule has 0 spiro atoms. The van der Waals surface area contributed by atoms with Gasteiger partial charge in [0.15, 0.2) is 9.84 Å². The van der Waals surface area contributed by atoms with E-state index in [0.29, 0.717) is 19.0 Å². The number of likely N-dealkylation sites (tertiary alicyclic amines) is 2. The molecule has 3 rings (SSSR count). The molecule has 2 unspecified atom stereocenters. The van der Waals surface area contributed by atoms with E-state index in [9.17, 15) is 13.2 Å². The van der Waals surface area contributed by atoms with Gasteiger partial charge in [-0.25, -0.2) is 13.2 Å². The van der Waals surface area contributed by atoms with Crippen LogP contribution >= 0.6 is 0 Å². The Morgan fingerprint density at radius 3 is 2.55 bits per heavy atom. The number of nitrogens with one attached hydrogen (secondary N) is 1. The molecule has 0 radical (unpaired) electrons. The highest BCUT2D eigenvalue weighted by atomic mass is 32.2. The summed E-state index contributed by atoms with van der Waals surface area (Å²) < 4.78 is 22.9. The molecule has 126 valence electrons. The smallest absolute Gasteiger partial charge is 0.317 e. The van der Waals surface area contributed by atoms with Crippen LogP contribution in [-0.2, 0) is 9.84 Å². The Hall–Kier alpha value is -0.820. The molecule has 0 bridgehead atoms. The first kappa shape index (κ1) is 16.1. The molecule has 3 fully saturated rings. The number of carbonyl (C=O) groups is 1. The minimum atomic E-state index is -2.86. The minimum absolute atomic E-state index is 0.0202. The van der Waals surface area contributed by atoms with Gasteiger partial charge in [0.2, 0.25) is 0 Å². The van der Waals surface area contributed by atoms with Crippen LogP contribution in [0.4, 0.5) is 4.79 Å². The van der Waals surface area contributed by atoms with Crippen molar-refractivity contribution in [3.63, 3.8) is 0 Å². The van der Waals surface area contributed by atoms with Gasteiger partial charge in [-0.3, -0.25) is 4.90 Å². The van der Waals surface area contributed by atoms with Crippen LogP contribution in [0.15, 0.2) is 0 Å². The molecule has 22 heavy (non-hydrogen) atoms. The maximum absolute atomic E-state index is 12.3. The van der Waals surface area contributed by atoms with Gasteiger partial charge in [0, 0.05) is 25.7 Å². The lowest BCUT2D eigenvalue weighted by Crippen LogP contribution is -2.52. The fourth-order valence-corrected chi connectivity index (χ4v) is 5.78. The molecule has 3 saturated heterocycles. The highest BCUT2D eigenvalue weighted by molar-refractivity contribution is 7.91. The largest absolute Gasteiger partial charge is 0.338 e. The van der Waals surface area contributed by atoms with E-state index in [-0.39, 0.29) is 23.5 Å². The predicted molar refractivity (Wildman–Crippen MR) is 85.6 cm³/mol. The van der Waals surface area contributed by atoms with Crippen molar-refractivity contribution >= 4 is 15.9 Å². The monoisotopic (exact) mass is 329 g/mol. The molecule has 1 N–H and O–H groups in total. The second-order valence-corrected chi connectivity index (χ2v) is 9.17. The second kappa shape index (κ2) is 6.74. The van der Waals surface area contributed by atoms with Gasteiger partial charge in [-0.2, -0.15) is 0 Å². The Balaban J connectivity index is 1.45. The number of piperidine rings is 1. The number of carbonyl (C=O) groups excluding carboxylic acids is 1. The predicted octanol–water partition coefficient (Wildman–Crippen LogP) is 0.691. The Morgan fingerprint density at radius 1 is 1.09 bits per heavy atom. The zero-order valence-electron chi connectivity index (χ0n) is 13.2. The summed E-state index contributed by atoms with van der Waals surface area (Å²) >= 11 is 0. The first-order chi connectivity index (χ1) is 10.5. The van der Waals surface area contributed by atoms with Gasteiger partial charge < -0.3 is 10.2 Å². The molecular formula is C15H27N3O3S. The molecule has 6 nitrogen and oxygen atoms in total. The lowest BCUT2D eigenvalue weighted by molar-refractivity contribution is 0.125. The third-order valence-electron chi connectivity index (χ3n) is 5.21. The summed E-state index contributed by atoms with van der Waals surface area (Å²) in [5, 5.41) is 2.95. The average molecular weight is 329 g/mol. The van der Waals surface area contributed by atoms with Crippen molar-refractivity contribution in [3.8, 4) is 0 Å². The fraction of sp³-hybridized carbons (Fsp3) is 0.933. The van der Waals surface area contributed by atoms with Crippen molar-refractivity contribution in [2.75, 3.05) is 44.2 Å². The Morgan fingerprint density at radius 2 is 1.86 bits per heavy atom. The van der Waals surface area contributed by atoms with Crippen LogP contribution in [0.5, 0.6) is 0 Å². The summed E-state index contributed by atoms with van der Waals surface area (Å²) in [7, 11) is -2.86. The third-order valence-corrected chi connectivity index (χ3v) is 7.05. The number of amides is 2. The summed E-state index contributed by atoms with van der Waals surface area (Å²) in [6, 6.07) is 0.488. The maximum atomic E-state index is 12.3. The van der Waals surface area contributed by atoms with Gasteiger partial charge in [0.1, 0.15) is 0 Å². The summed E-state index contributed by atoms with van der Waals surface area (Å²) in [6.07, 6.45) is 5.48. The second-order valence-electron chi connectivity index (χ2n) is 6.94. The Kier molecular flexibility index (Phi) is 4.92. The van der Waals surface area contributed by atoms with E-state index >= 15 is 0 Å². The zero-order valence-corrected chi connectivity index (χ0v) is 14.0. The van der Waals surface area contributed by atoms with Crippen molar-refractivity contribution < 1.29 is 13.2 Å². The van der Waals surface area contributed by atoms with Crippen molar-refractivity contribution in [2.24, 2.45) is 5.92 Å². The Bertz CT molecular complexity index is 502. The van der Waals surface area contributed by atoms with Gasteiger partial charge >= 0.3 is 6.03 Å². The zero-order chi connectivity index (χ0) is 15.6. The van der Waals surface area contributed by atoms with E-state index in [1.807, 2.05) is 4.90 Å². The number of sulfone groups is 1. The summed E-state index contributed by atoms with van der Waals surface area (Å²) in [5.41, 5.74) is 0. The van der Waals surface area contributed by atoms with E-state index in [1.165, 1.54) is 32.4 Å². The van der Waals surface area contributed by atoms with Crippen molar-refractivity contribution in [3.05, 3.63) is 0 Å². The minimum Gasteiger partial charge on any atom is -0.338 e. The number of hydrogen-bond acceptors (Lipinski definition) is 4. The highest BCUT2D eigenvalue weighted by Crippen LogP contribution is 2.21. The lowest BCUT2D eigenvalue weighted by Gasteiger charge is -2.37. The van der Waals surface area contributed by atoms with Gasteiger partial charge in [0.25, 0.3) is 0 Å². The van der Waals surface area contributed by atoms with Crippen LogP contribution in [0.2, 0.25) is 0 Å². The normalized spacial score (nSPS) is 32.3. The van der Waals surface area contributed by atoms with Gasteiger partial charge in [-0.1, -0.05) is 0 Å². The van der Waals surface area contributed by atoms with E-state index in [2.05, 4.69) is 10.2 Å². The maximum Gasteiger partial charge on any atom is 0.317 e. The third kappa shape index (κ3) is 3.93. The average Bonchev–Trinajstić information content (AvgIpc) is 3.14. The first-order valence-corrected chi connectivity index (χ1v) is 10.3. The molecule has 0 aromatic rings. The molecule has 3 aliphatic heterocycles. The number of rotatable bonds is 3. The van der Waals surface area contributed by atoms with Crippen LogP contribution < -0.4 is 5.32 Å². The van der Waals surface area contributed by atoms with Crippen LogP contribution in [0.1, 0.15) is 32.1 Å². The molecule has 3 heterocycles. The van der Waals surface area contributed by atoms with Crippen molar-refractivity contribution in [1.29, 1.82) is 0 Å². The van der Waals surface area contributed by atoms with Crippen LogP contribution in [0.3, 0.4) is 0 Å².